The van der Waals surface area contributed by atoms with Crippen LogP contribution in [0.4, 0.5) is 5.69 Å². The lowest BCUT2D eigenvalue weighted by Crippen LogP contribution is -2.20. The number of anilines is 1. The number of para-hydroxylation sites is 1. The Balaban J connectivity index is 1.92. The van der Waals surface area contributed by atoms with Crippen molar-refractivity contribution in [3.05, 3.63) is 60.4 Å². The largest absolute Gasteiger partial charge is 0.374 e. The molecular formula is C14H16N2. The molecule has 0 aliphatic heterocycles. The number of nitrogens with zero attached hydrogens (tertiary/aromatic N) is 2. The fourth-order valence-corrected chi connectivity index (χ4v) is 1.64. The van der Waals surface area contributed by atoms with E-state index in [2.05, 4.69) is 47.3 Å². The van der Waals surface area contributed by atoms with Crippen LogP contribution >= 0.6 is 0 Å². The molecular weight excluding hydrogens is 196 g/mol. The molecule has 0 fully saturated rings. The van der Waals surface area contributed by atoms with E-state index >= 15 is 0 Å². The van der Waals surface area contributed by atoms with Gasteiger partial charge in [0.2, 0.25) is 0 Å². The first-order valence-corrected chi connectivity index (χ1v) is 5.52. The van der Waals surface area contributed by atoms with E-state index < -0.39 is 0 Å². The molecule has 0 N–H and O–H groups in total. The number of hydrogen-bond acceptors (Lipinski definition) is 2. The van der Waals surface area contributed by atoms with Gasteiger partial charge in [-0.2, -0.15) is 0 Å². The first-order valence-electron chi connectivity index (χ1n) is 5.52. The zero-order valence-electron chi connectivity index (χ0n) is 9.50. The number of pyridine rings is 1. The number of hydrogen-bond donors (Lipinski definition) is 0. The van der Waals surface area contributed by atoms with Gasteiger partial charge < -0.3 is 4.90 Å². The Morgan fingerprint density at radius 1 is 1.00 bits per heavy atom. The molecule has 2 rings (SSSR count). The van der Waals surface area contributed by atoms with E-state index in [-0.39, 0.29) is 0 Å². The molecule has 82 valence electrons. The van der Waals surface area contributed by atoms with Gasteiger partial charge in [0.15, 0.2) is 0 Å². The monoisotopic (exact) mass is 212 g/mol. The molecule has 0 aliphatic rings. The first kappa shape index (κ1) is 10.7. The molecule has 1 aromatic heterocycles. The third kappa shape index (κ3) is 2.83. The van der Waals surface area contributed by atoms with Crippen molar-refractivity contribution in [1.29, 1.82) is 0 Å². The molecule has 0 unspecified atom stereocenters. The van der Waals surface area contributed by atoms with Crippen LogP contribution in [0.25, 0.3) is 0 Å². The second-order valence-corrected chi connectivity index (χ2v) is 3.83. The molecule has 2 nitrogen and oxygen atoms in total. The number of aromatic nitrogens is 1. The quantitative estimate of drug-likeness (QED) is 0.774. The van der Waals surface area contributed by atoms with Gasteiger partial charge in [-0.05, 0) is 24.3 Å². The highest BCUT2D eigenvalue weighted by atomic mass is 15.1. The van der Waals surface area contributed by atoms with Crippen molar-refractivity contribution in [2.24, 2.45) is 0 Å². The molecule has 0 radical (unpaired) electrons. The van der Waals surface area contributed by atoms with Gasteiger partial charge in [-0.15, -0.1) is 0 Å². The Kier molecular flexibility index (Phi) is 3.54. The van der Waals surface area contributed by atoms with E-state index in [1.165, 1.54) is 5.69 Å². The predicted octanol–water partition coefficient (Wildman–Crippen LogP) is 2.76. The second kappa shape index (κ2) is 5.31. The molecule has 16 heavy (non-hydrogen) atoms. The molecule has 1 aromatic carbocycles. The Morgan fingerprint density at radius 2 is 1.75 bits per heavy atom. The van der Waals surface area contributed by atoms with Crippen molar-refractivity contribution in [2.45, 2.75) is 6.42 Å². The van der Waals surface area contributed by atoms with Crippen LogP contribution in [0.2, 0.25) is 0 Å². The highest BCUT2D eigenvalue weighted by molar-refractivity contribution is 5.45. The smallest absolute Gasteiger partial charge is 0.0421 e. The van der Waals surface area contributed by atoms with Crippen LogP contribution in [0.5, 0.6) is 0 Å². The summed E-state index contributed by atoms with van der Waals surface area (Å²) in [5, 5.41) is 0. The summed E-state index contributed by atoms with van der Waals surface area (Å²) >= 11 is 0. The maximum atomic E-state index is 4.32. The van der Waals surface area contributed by atoms with Crippen LogP contribution in [-0.2, 0) is 6.42 Å². The van der Waals surface area contributed by atoms with Crippen LogP contribution in [-0.4, -0.2) is 18.6 Å². The highest BCUT2D eigenvalue weighted by Gasteiger charge is 2.00. The van der Waals surface area contributed by atoms with Crippen molar-refractivity contribution in [3.8, 4) is 0 Å². The Bertz CT molecular complexity index is 411. The Morgan fingerprint density at radius 3 is 2.44 bits per heavy atom. The summed E-state index contributed by atoms with van der Waals surface area (Å²) in [6.45, 7) is 0.987. The lowest BCUT2D eigenvalue weighted by molar-refractivity contribution is 0.852. The van der Waals surface area contributed by atoms with Crippen molar-refractivity contribution in [3.63, 3.8) is 0 Å². The first-order chi connectivity index (χ1) is 7.86. The van der Waals surface area contributed by atoms with Gasteiger partial charge in [0.25, 0.3) is 0 Å². The van der Waals surface area contributed by atoms with Gasteiger partial charge in [0, 0.05) is 37.6 Å². The maximum absolute atomic E-state index is 4.32. The normalized spacial score (nSPS) is 10.1. The zero-order chi connectivity index (χ0) is 11.2. The summed E-state index contributed by atoms with van der Waals surface area (Å²) in [6.07, 6.45) is 2.82. The van der Waals surface area contributed by atoms with Gasteiger partial charge in [-0.3, -0.25) is 4.98 Å². The average molecular weight is 212 g/mol. The minimum absolute atomic E-state index is 0.978. The number of rotatable bonds is 4. The maximum Gasteiger partial charge on any atom is 0.0421 e. The molecule has 2 heteroatoms. The van der Waals surface area contributed by atoms with Gasteiger partial charge in [-0.25, -0.2) is 0 Å². The van der Waals surface area contributed by atoms with Gasteiger partial charge in [0.1, 0.15) is 0 Å². The molecule has 0 spiro atoms. The SMILES string of the molecule is CN(CCc1ccccn1)c1ccccc1. The third-order valence-electron chi connectivity index (χ3n) is 2.63. The van der Waals surface area contributed by atoms with Gasteiger partial charge >= 0.3 is 0 Å². The molecule has 0 saturated carbocycles. The second-order valence-electron chi connectivity index (χ2n) is 3.83. The highest BCUT2D eigenvalue weighted by Crippen LogP contribution is 2.11. The summed E-state index contributed by atoms with van der Waals surface area (Å²) < 4.78 is 0. The summed E-state index contributed by atoms with van der Waals surface area (Å²) in [7, 11) is 2.11. The molecule has 0 bridgehead atoms. The van der Waals surface area contributed by atoms with E-state index in [4.69, 9.17) is 0 Å². The van der Waals surface area contributed by atoms with Crippen molar-refractivity contribution in [1.82, 2.24) is 4.98 Å². The molecule has 1 heterocycles. The minimum Gasteiger partial charge on any atom is -0.374 e. The van der Waals surface area contributed by atoms with Crippen molar-refractivity contribution in [2.75, 3.05) is 18.5 Å². The van der Waals surface area contributed by atoms with Crippen LogP contribution in [0, 0.1) is 0 Å². The summed E-state index contributed by atoms with van der Waals surface area (Å²) in [4.78, 5) is 6.56. The summed E-state index contributed by atoms with van der Waals surface area (Å²) in [5.74, 6) is 0. The van der Waals surface area contributed by atoms with Crippen molar-refractivity contribution >= 4 is 5.69 Å². The van der Waals surface area contributed by atoms with Gasteiger partial charge in [-0.1, -0.05) is 24.3 Å². The van der Waals surface area contributed by atoms with Gasteiger partial charge in [0.05, 0.1) is 0 Å². The number of benzene rings is 1. The van der Waals surface area contributed by atoms with E-state index in [9.17, 15) is 0 Å². The van der Waals surface area contributed by atoms with E-state index in [1.54, 1.807) is 0 Å². The van der Waals surface area contributed by atoms with E-state index in [1.807, 2.05) is 24.4 Å². The van der Waals surface area contributed by atoms with Crippen molar-refractivity contribution < 1.29 is 0 Å². The average Bonchev–Trinajstić information content (AvgIpc) is 2.38. The number of likely N-dealkylation sites (N-methyl/N-ethyl adjacent to an activating group) is 1. The Hall–Kier alpha value is -1.83. The summed E-state index contributed by atoms with van der Waals surface area (Å²) in [6, 6.07) is 16.5. The summed E-state index contributed by atoms with van der Waals surface area (Å²) in [5.41, 5.74) is 2.39. The van der Waals surface area contributed by atoms with Crippen LogP contribution in [0.15, 0.2) is 54.7 Å². The topological polar surface area (TPSA) is 16.1 Å². The Labute approximate surface area is 96.6 Å². The lowest BCUT2D eigenvalue weighted by Gasteiger charge is -2.18. The van der Waals surface area contributed by atoms with E-state index in [0.29, 0.717) is 0 Å². The molecule has 0 saturated heterocycles. The standard InChI is InChI=1S/C14H16N2/c1-16(14-8-3-2-4-9-14)12-10-13-7-5-6-11-15-13/h2-9,11H,10,12H2,1H3. The fraction of sp³-hybridized carbons (Fsp3) is 0.214. The van der Waals surface area contributed by atoms with Crippen LogP contribution < -0.4 is 4.90 Å². The lowest BCUT2D eigenvalue weighted by atomic mass is 10.2. The third-order valence-corrected chi connectivity index (χ3v) is 2.63. The minimum atomic E-state index is 0.978. The molecule has 0 atom stereocenters. The fourth-order valence-electron chi connectivity index (χ4n) is 1.64. The predicted molar refractivity (Wildman–Crippen MR) is 67.7 cm³/mol. The van der Waals surface area contributed by atoms with Crippen LogP contribution in [0.3, 0.4) is 0 Å². The molecule has 2 aromatic rings. The molecule has 0 amide bonds. The van der Waals surface area contributed by atoms with E-state index in [0.717, 1.165) is 18.7 Å². The van der Waals surface area contributed by atoms with Crippen LogP contribution in [0.1, 0.15) is 5.69 Å². The molecule has 0 aliphatic carbocycles. The zero-order valence-corrected chi connectivity index (χ0v) is 9.50.